The van der Waals surface area contributed by atoms with Crippen molar-refractivity contribution in [2.75, 3.05) is 33.4 Å². The van der Waals surface area contributed by atoms with E-state index in [1.165, 1.54) is 15.9 Å². The molecule has 53 heavy (non-hydrogen) atoms. The van der Waals surface area contributed by atoms with Crippen LogP contribution in [0.4, 0.5) is 4.39 Å². The number of pyridine rings is 1. The molecule has 14 nitrogen and oxygen atoms in total. The van der Waals surface area contributed by atoms with E-state index in [9.17, 15) is 23.6 Å². The topological polar surface area (TPSA) is 161 Å². The Morgan fingerprint density at radius 1 is 1.00 bits per heavy atom. The second kappa shape index (κ2) is 19.2. The van der Waals surface area contributed by atoms with Gasteiger partial charge in [0.15, 0.2) is 0 Å². The summed E-state index contributed by atoms with van der Waals surface area (Å²) in [6, 6.07) is 4.29. The van der Waals surface area contributed by atoms with Gasteiger partial charge in [-0.3, -0.25) is 28.8 Å². The van der Waals surface area contributed by atoms with Gasteiger partial charge in [-0.05, 0) is 48.9 Å². The van der Waals surface area contributed by atoms with E-state index in [1.54, 1.807) is 36.4 Å². The smallest absolute Gasteiger partial charge is 0.255 e. The number of aromatic nitrogens is 4. The van der Waals surface area contributed by atoms with Crippen molar-refractivity contribution in [1.82, 2.24) is 40.4 Å². The molecule has 1 saturated heterocycles. The van der Waals surface area contributed by atoms with Crippen molar-refractivity contribution in [3.63, 3.8) is 0 Å². The molecule has 1 aromatic carbocycles. The number of ether oxygens (including phenoxy) is 2. The Morgan fingerprint density at radius 2 is 1.79 bits per heavy atom. The number of halogens is 1. The van der Waals surface area contributed by atoms with Crippen molar-refractivity contribution in [3.05, 3.63) is 71.6 Å². The summed E-state index contributed by atoms with van der Waals surface area (Å²) >= 11 is 0. The molecule has 15 heteroatoms. The third kappa shape index (κ3) is 11.0. The van der Waals surface area contributed by atoms with Gasteiger partial charge in [0.2, 0.25) is 17.7 Å². The minimum Gasteiger partial charge on any atom is -0.486 e. The van der Waals surface area contributed by atoms with Gasteiger partial charge in [0, 0.05) is 51.6 Å². The lowest BCUT2D eigenvalue weighted by molar-refractivity contribution is -0.157. The molecule has 3 aromatic rings. The van der Waals surface area contributed by atoms with E-state index in [0.717, 1.165) is 56.2 Å². The van der Waals surface area contributed by atoms with Crippen LogP contribution in [-0.2, 0) is 38.7 Å². The molecule has 0 spiro atoms. The summed E-state index contributed by atoms with van der Waals surface area (Å²) in [6.07, 6.45) is 11.3. The monoisotopic (exact) mass is 734 g/mol. The number of carbonyl (C=O) groups excluding carboxylic acids is 4. The van der Waals surface area contributed by atoms with E-state index in [1.807, 2.05) is 19.9 Å². The number of nitrogens with one attached hydrogen (secondary N) is 2. The fourth-order valence-corrected chi connectivity index (χ4v) is 6.64. The van der Waals surface area contributed by atoms with Crippen molar-refractivity contribution >= 4 is 23.6 Å². The Bertz CT molecular complexity index is 1690. The van der Waals surface area contributed by atoms with Gasteiger partial charge in [-0.15, -0.1) is 5.10 Å². The quantitative estimate of drug-likeness (QED) is 0.410. The van der Waals surface area contributed by atoms with Crippen molar-refractivity contribution in [1.29, 1.82) is 0 Å². The van der Waals surface area contributed by atoms with E-state index in [0.29, 0.717) is 18.8 Å². The lowest BCUT2D eigenvalue weighted by Gasteiger charge is -2.40. The van der Waals surface area contributed by atoms with Crippen LogP contribution in [0.15, 0.2) is 48.9 Å². The molecule has 1 fully saturated rings. The number of morpholine rings is 1. The maximum Gasteiger partial charge on any atom is 0.255 e. The second-order valence-electron chi connectivity index (χ2n) is 14.1. The number of rotatable bonds is 4. The summed E-state index contributed by atoms with van der Waals surface area (Å²) in [5.74, 6) is -2.46. The summed E-state index contributed by atoms with van der Waals surface area (Å²) in [5, 5.41) is 14.2. The first-order chi connectivity index (χ1) is 25.6. The lowest BCUT2D eigenvalue weighted by atomic mass is 10.00. The molecule has 0 saturated carbocycles. The molecule has 0 aliphatic carbocycles. The summed E-state index contributed by atoms with van der Waals surface area (Å²) in [5.41, 5.74) is 1.35. The lowest BCUT2D eigenvalue weighted by Crippen LogP contribution is -2.62. The SMILES string of the molecule is CC(C)CC1NC(=O)c2ccc(F)cc2OCc2cn(nn2)CCCCCCCCNC(=O)[C@H](Cc2cccnc2)N(C)C(=O)[C@H]2COCCN2C1=O. The molecular formula is C38H51FN8O6. The summed E-state index contributed by atoms with van der Waals surface area (Å²) < 4.78 is 27.8. The molecule has 5 rings (SSSR count). The highest BCUT2D eigenvalue weighted by atomic mass is 19.1. The maximum absolute atomic E-state index is 14.4. The predicted molar refractivity (Wildman–Crippen MR) is 193 cm³/mol. The van der Waals surface area contributed by atoms with E-state index >= 15 is 0 Å². The number of fused-ring (bicyclic) bond motifs is 4. The number of likely N-dealkylation sites (N-methyl/N-ethyl adjacent to an activating group) is 1. The number of benzene rings is 1. The van der Waals surface area contributed by atoms with Crippen LogP contribution in [0, 0.1) is 11.7 Å². The minimum atomic E-state index is -1.03. The van der Waals surface area contributed by atoms with Gasteiger partial charge < -0.3 is 29.9 Å². The standard InChI is InChI=1S/C38H51FN8O6/c1-26(2)19-31-37(50)47-17-18-52-25-33(47)38(51)45(3)32(20-27-11-10-14-40-22-27)36(49)41-15-8-6-4-5-7-9-16-46-23-29(43-44-46)24-53-34-21-28(39)12-13-30(34)35(48)42-31/h10-14,21-23,26,31-33H,4-9,15-20,24-25H2,1-3H3,(H,41,49)(H,42,48)/t31?,32-,33+/m0/s1. The molecule has 2 aromatic heterocycles. The van der Waals surface area contributed by atoms with Gasteiger partial charge in [-0.1, -0.05) is 50.8 Å². The van der Waals surface area contributed by atoms with Gasteiger partial charge in [0.1, 0.15) is 42.0 Å². The fourth-order valence-electron chi connectivity index (χ4n) is 6.64. The van der Waals surface area contributed by atoms with Gasteiger partial charge in [0.25, 0.3) is 5.91 Å². The Labute approximate surface area is 309 Å². The molecule has 0 radical (unpaired) electrons. The van der Waals surface area contributed by atoms with Crippen LogP contribution < -0.4 is 15.4 Å². The number of nitrogens with zero attached hydrogens (tertiary/aromatic N) is 6. The molecule has 1 unspecified atom stereocenters. The van der Waals surface area contributed by atoms with E-state index in [2.05, 4.69) is 25.9 Å². The van der Waals surface area contributed by atoms with Crippen molar-refractivity contribution < 1.29 is 33.0 Å². The van der Waals surface area contributed by atoms with Gasteiger partial charge in [-0.2, -0.15) is 0 Å². The number of hydrogen-bond donors (Lipinski definition) is 2. The van der Waals surface area contributed by atoms with Crippen molar-refractivity contribution in [2.24, 2.45) is 5.92 Å². The highest BCUT2D eigenvalue weighted by Gasteiger charge is 2.40. The molecule has 2 aliphatic rings. The highest BCUT2D eigenvalue weighted by Crippen LogP contribution is 2.23. The second-order valence-corrected chi connectivity index (χ2v) is 14.1. The van der Waals surface area contributed by atoms with E-state index in [4.69, 9.17) is 9.47 Å². The third-order valence-electron chi connectivity index (χ3n) is 9.54. The first kappa shape index (κ1) is 39.3. The van der Waals surface area contributed by atoms with E-state index < -0.39 is 41.7 Å². The average molecular weight is 735 g/mol. The van der Waals surface area contributed by atoms with Crippen molar-refractivity contribution in [2.45, 2.75) is 96.5 Å². The fraction of sp³-hybridized carbons (Fsp3) is 0.553. The Hall–Kier alpha value is -4.92. The normalized spacial score (nSPS) is 22.0. The number of hydrogen-bond acceptors (Lipinski definition) is 9. The Kier molecular flexibility index (Phi) is 14.3. The zero-order valence-corrected chi connectivity index (χ0v) is 30.8. The zero-order chi connectivity index (χ0) is 37.7. The number of carbonyl (C=O) groups is 4. The van der Waals surface area contributed by atoms with Crippen LogP contribution in [0.25, 0.3) is 0 Å². The average Bonchev–Trinajstić information content (AvgIpc) is 3.61. The van der Waals surface area contributed by atoms with Crippen LogP contribution >= 0.6 is 0 Å². The molecule has 2 bridgehead atoms. The van der Waals surface area contributed by atoms with Crippen LogP contribution in [0.5, 0.6) is 5.75 Å². The maximum atomic E-state index is 14.4. The largest absolute Gasteiger partial charge is 0.486 e. The molecule has 4 amide bonds. The van der Waals surface area contributed by atoms with Gasteiger partial charge >= 0.3 is 0 Å². The molecular weight excluding hydrogens is 683 g/mol. The molecule has 2 aliphatic heterocycles. The number of amides is 4. The zero-order valence-electron chi connectivity index (χ0n) is 30.8. The van der Waals surface area contributed by atoms with Crippen LogP contribution in [0.1, 0.15) is 80.4 Å². The molecule has 286 valence electrons. The summed E-state index contributed by atoms with van der Waals surface area (Å²) in [6.45, 7) is 5.19. The molecule has 2 N–H and O–H groups in total. The summed E-state index contributed by atoms with van der Waals surface area (Å²) in [4.78, 5) is 63.1. The van der Waals surface area contributed by atoms with Gasteiger partial charge in [0.05, 0.1) is 25.0 Å². The highest BCUT2D eigenvalue weighted by molar-refractivity contribution is 6.00. The first-order valence-electron chi connectivity index (χ1n) is 18.5. The Morgan fingerprint density at radius 3 is 2.57 bits per heavy atom. The molecule has 3 atom stereocenters. The van der Waals surface area contributed by atoms with Crippen molar-refractivity contribution in [3.8, 4) is 5.75 Å². The molecule has 4 heterocycles. The van der Waals surface area contributed by atoms with Crippen LogP contribution in [0.3, 0.4) is 0 Å². The third-order valence-corrected chi connectivity index (χ3v) is 9.54. The van der Waals surface area contributed by atoms with Gasteiger partial charge in [-0.25, -0.2) is 4.39 Å². The first-order valence-corrected chi connectivity index (χ1v) is 18.5. The van der Waals surface area contributed by atoms with Crippen LogP contribution in [-0.4, -0.2) is 105 Å². The summed E-state index contributed by atoms with van der Waals surface area (Å²) in [7, 11) is 1.57. The van der Waals surface area contributed by atoms with Crippen LogP contribution in [0.2, 0.25) is 0 Å². The Balaban J connectivity index is 1.42. The predicted octanol–water partition coefficient (Wildman–Crippen LogP) is 3.30. The minimum absolute atomic E-state index is 0.00628. The van der Waals surface area contributed by atoms with E-state index in [-0.39, 0.29) is 62.3 Å². The number of aryl methyl sites for hydroxylation is 1.